The molecule has 2 aromatic heterocycles. The lowest BCUT2D eigenvalue weighted by atomic mass is 9.58. The van der Waals surface area contributed by atoms with E-state index in [4.69, 9.17) is 0 Å². The van der Waals surface area contributed by atoms with Gasteiger partial charge in [-0.25, -0.2) is 23.6 Å². The van der Waals surface area contributed by atoms with Gasteiger partial charge in [-0.15, -0.1) is 0 Å². The number of fused-ring (bicyclic) bond motifs is 3. The normalized spacial score (nSPS) is 23.4. The Morgan fingerprint density at radius 3 is 2.30 bits per heavy atom. The molecule has 4 bridgehead atoms. The quantitative estimate of drug-likeness (QED) is 0.292. The van der Waals surface area contributed by atoms with Crippen molar-refractivity contribution >= 4 is 11.5 Å². The van der Waals surface area contributed by atoms with Gasteiger partial charge in [-0.2, -0.15) is 0 Å². The molecule has 0 aliphatic heterocycles. The topological polar surface area (TPSA) is 63.1 Å². The molecule has 0 unspecified atom stereocenters. The van der Waals surface area contributed by atoms with E-state index in [1.807, 2.05) is 30.8 Å². The molecular weight excluding hydrogens is 587 g/mol. The molecule has 2 fully saturated rings. The SMILES string of the molecule is CC1CCC1.CNN(C1=C2CCC(F)(F)c3ccnc(c3)C(=O)[C@@]3(C2)C[C@@H](C)CCC3=C1)c1ccc(F)cc1.Cc1cn(C)cn1. The van der Waals surface area contributed by atoms with E-state index in [0.29, 0.717) is 24.4 Å². The first-order valence-corrected chi connectivity index (χ1v) is 16.4. The molecule has 9 heteroatoms. The minimum atomic E-state index is -3.08. The Labute approximate surface area is 270 Å². The van der Waals surface area contributed by atoms with Gasteiger partial charge in [0, 0.05) is 38.5 Å². The largest absolute Gasteiger partial charge is 0.340 e. The zero-order chi connectivity index (χ0) is 33.1. The van der Waals surface area contributed by atoms with Gasteiger partial charge in [0.25, 0.3) is 5.92 Å². The van der Waals surface area contributed by atoms with Crippen molar-refractivity contribution < 1.29 is 18.0 Å². The summed E-state index contributed by atoms with van der Waals surface area (Å²) in [6.07, 6.45) is 14.1. The second kappa shape index (κ2) is 14.0. The van der Waals surface area contributed by atoms with E-state index < -0.39 is 11.3 Å². The van der Waals surface area contributed by atoms with Crippen LogP contribution in [-0.2, 0) is 13.0 Å². The van der Waals surface area contributed by atoms with Gasteiger partial charge in [-0.1, -0.05) is 38.7 Å². The lowest BCUT2D eigenvalue weighted by molar-refractivity contribution is -0.0139. The molecule has 46 heavy (non-hydrogen) atoms. The Hall–Kier alpha value is -3.72. The summed E-state index contributed by atoms with van der Waals surface area (Å²) >= 11 is 0. The van der Waals surface area contributed by atoms with Crippen molar-refractivity contribution in [2.24, 2.45) is 24.3 Å². The van der Waals surface area contributed by atoms with Crippen LogP contribution in [0.5, 0.6) is 0 Å². The number of benzene rings is 1. The number of allylic oxidation sites excluding steroid dienone is 3. The lowest BCUT2D eigenvalue weighted by Crippen LogP contribution is -2.44. The van der Waals surface area contributed by atoms with Gasteiger partial charge in [0.15, 0.2) is 5.78 Å². The number of nitrogens with one attached hydrogen (secondary N) is 1. The highest BCUT2D eigenvalue weighted by Crippen LogP contribution is 2.54. The number of hydrogen-bond donors (Lipinski definition) is 1. The summed E-state index contributed by atoms with van der Waals surface area (Å²) in [7, 11) is 3.70. The fraction of sp³-hybridized carbons (Fsp3) is 0.486. The van der Waals surface area contributed by atoms with Crippen LogP contribution in [0.2, 0.25) is 0 Å². The summed E-state index contributed by atoms with van der Waals surface area (Å²) in [5, 5.41) is 1.80. The smallest absolute Gasteiger partial charge is 0.273 e. The monoisotopic (exact) mass is 633 g/mol. The first-order valence-electron chi connectivity index (χ1n) is 16.4. The Bertz CT molecular complexity index is 1570. The lowest BCUT2D eigenvalue weighted by Gasteiger charge is -2.46. The van der Waals surface area contributed by atoms with Gasteiger partial charge in [-0.05, 0) is 98.9 Å². The van der Waals surface area contributed by atoms with Crippen molar-refractivity contribution in [1.29, 1.82) is 0 Å². The molecule has 6 nitrogen and oxygen atoms in total. The average Bonchev–Trinajstić information content (AvgIpc) is 3.42. The van der Waals surface area contributed by atoms with Crippen LogP contribution in [0.3, 0.4) is 0 Å². The fourth-order valence-electron chi connectivity index (χ4n) is 6.96. The van der Waals surface area contributed by atoms with Crippen molar-refractivity contribution in [3.05, 3.63) is 101 Å². The highest BCUT2D eigenvalue weighted by atomic mass is 19.3. The highest BCUT2D eigenvalue weighted by Gasteiger charge is 2.50. The third kappa shape index (κ3) is 7.30. The number of nitrogens with zero attached hydrogens (tertiary/aromatic N) is 4. The summed E-state index contributed by atoms with van der Waals surface area (Å²) in [6, 6.07) is 8.64. The molecule has 1 aromatic carbocycles. The van der Waals surface area contributed by atoms with Gasteiger partial charge in [0.2, 0.25) is 0 Å². The number of anilines is 1. The van der Waals surface area contributed by atoms with Crippen molar-refractivity contribution in [3.63, 3.8) is 0 Å². The molecule has 0 amide bonds. The number of imidazole rings is 1. The second-order valence-electron chi connectivity index (χ2n) is 13.5. The predicted octanol–water partition coefficient (Wildman–Crippen LogP) is 8.86. The van der Waals surface area contributed by atoms with E-state index >= 15 is 8.78 Å². The summed E-state index contributed by atoms with van der Waals surface area (Å²) in [5.74, 6) is -2.19. The summed E-state index contributed by atoms with van der Waals surface area (Å²) in [6.45, 7) is 6.43. The number of rotatable bonds is 3. The highest BCUT2D eigenvalue weighted by molar-refractivity contribution is 6.02. The molecule has 7 rings (SSSR count). The molecule has 1 spiro atoms. The average molecular weight is 634 g/mol. The maximum absolute atomic E-state index is 15.2. The molecule has 4 aliphatic carbocycles. The number of alkyl halides is 2. The van der Waals surface area contributed by atoms with E-state index in [-0.39, 0.29) is 35.7 Å². The van der Waals surface area contributed by atoms with Gasteiger partial charge in [0.05, 0.1) is 28.8 Å². The summed E-state index contributed by atoms with van der Waals surface area (Å²) in [5.41, 5.74) is 6.68. The van der Waals surface area contributed by atoms with E-state index in [2.05, 4.69) is 29.2 Å². The van der Waals surface area contributed by atoms with Gasteiger partial charge in [-0.3, -0.25) is 14.8 Å². The summed E-state index contributed by atoms with van der Waals surface area (Å²) in [4.78, 5) is 22.2. The maximum atomic E-state index is 15.2. The maximum Gasteiger partial charge on any atom is 0.273 e. The van der Waals surface area contributed by atoms with Crippen molar-refractivity contribution in [1.82, 2.24) is 20.0 Å². The zero-order valence-corrected chi connectivity index (χ0v) is 27.6. The van der Waals surface area contributed by atoms with Crippen LogP contribution in [0, 0.1) is 30.0 Å². The molecule has 2 heterocycles. The minimum Gasteiger partial charge on any atom is -0.340 e. The Balaban J connectivity index is 0.000000289. The summed E-state index contributed by atoms with van der Waals surface area (Å²) < 4.78 is 45.8. The zero-order valence-electron chi connectivity index (χ0n) is 27.6. The molecule has 0 radical (unpaired) electrons. The number of hydrogen-bond acceptors (Lipinski definition) is 5. The van der Waals surface area contributed by atoms with Crippen LogP contribution in [0.25, 0.3) is 0 Å². The van der Waals surface area contributed by atoms with Crippen molar-refractivity contribution in [2.75, 3.05) is 12.1 Å². The van der Waals surface area contributed by atoms with E-state index in [0.717, 1.165) is 41.3 Å². The first kappa shape index (κ1) is 33.6. The molecule has 2 atom stereocenters. The Morgan fingerprint density at radius 1 is 1.02 bits per heavy atom. The molecule has 246 valence electrons. The second-order valence-corrected chi connectivity index (χ2v) is 13.5. The van der Waals surface area contributed by atoms with Crippen LogP contribution in [0.1, 0.15) is 93.4 Å². The fourth-order valence-corrected chi connectivity index (χ4v) is 6.96. The number of aromatic nitrogens is 3. The van der Waals surface area contributed by atoms with Gasteiger partial charge >= 0.3 is 0 Å². The minimum absolute atomic E-state index is 0.117. The molecule has 3 aromatic rings. The predicted molar refractivity (Wildman–Crippen MR) is 176 cm³/mol. The molecular formula is C37H46F3N5O. The standard InChI is InChI=1S/C27H28F3N3O.C5H8N2.C5H10/c1-17-3-4-19-14-24(33(31-2)22-7-5-21(28)6-8-22)18-9-11-27(29,30)20-10-12-32-23(13-20)25(34)26(19,15-17)16-18;1-5-3-7(2)4-6-5;1-5-3-2-4-5/h5-8,10,12-14,17,31H,3-4,9,11,15-16H2,1-2H3;3-4H,1-2H3;5H,2-4H2,1H3/t17-,26+;;/m0../s1. The number of halogens is 3. The number of carbonyl (C=O) groups excluding carboxylic acids is 1. The van der Waals surface area contributed by atoms with E-state index in [1.165, 1.54) is 49.7 Å². The van der Waals surface area contributed by atoms with Crippen LogP contribution >= 0.6 is 0 Å². The Morgan fingerprint density at radius 2 is 1.74 bits per heavy atom. The number of hydrazine groups is 1. The van der Waals surface area contributed by atoms with E-state index in [9.17, 15) is 9.18 Å². The number of aryl methyl sites for hydroxylation is 2. The van der Waals surface area contributed by atoms with Gasteiger partial charge < -0.3 is 4.57 Å². The molecule has 0 saturated heterocycles. The molecule has 1 N–H and O–H groups in total. The van der Waals surface area contributed by atoms with Crippen molar-refractivity contribution in [2.45, 2.75) is 84.5 Å². The van der Waals surface area contributed by atoms with Crippen LogP contribution in [0.4, 0.5) is 18.9 Å². The van der Waals surface area contributed by atoms with Gasteiger partial charge in [0.1, 0.15) is 11.5 Å². The number of Topliss-reactive ketones (excluding diaryl/α,β-unsaturated/α-hetero) is 1. The third-order valence-electron chi connectivity index (χ3n) is 9.77. The van der Waals surface area contributed by atoms with Crippen LogP contribution in [-0.4, -0.2) is 27.4 Å². The first-order chi connectivity index (χ1) is 21.9. The van der Waals surface area contributed by atoms with Crippen LogP contribution < -0.4 is 10.4 Å². The number of ketones is 1. The number of carbonyl (C=O) groups is 1. The molecule has 4 aliphatic rings. The Kier molecular flexibility index (Phi) is 10.2. The third-order valence-corrected chi connectivity index (χ3v) is 9.77. The van der Waals surface area contributed by atoms with E-state index in [1.54, 1.807) is 30.5 Å². The number of pyridine rings is 1. The molecule has 2 saturated carbocycles. The van der Waals surface area contributed by atoms with Crippen LogP contribution in [0.15, 0.2) is 78.0 Å². The van der Waals surface area contributed by atoms with Crippen molar-refractivity contribution in [3.8, 4) is 0 Å².